The van der Waals surface area contributed by atoms with Gasteiger partial charge in [0.1, 0.15) is 5.76 Å². The first-order chi connectivity index (χ1) is 12.6. The van der Waals surface area contributed by atoms with Crippen molar-refractivity contribution in [3.8, 4) is 0 Å². The summed E-state index contributed by atoms with van der Waals surface area (Å²) in [4.78, 5) is 12.7. The Kier molecular flexibility index (Phi) is 6.84. The van der Waals surface area contributed by atoms with Crippen LogP contribution in [0.15, 0.2) is 41.0 Å². The van der Waals surface area contributed by atoms with Gasteiger partial charge in [-0.05, 0) is 35.1 Å². The SMILES string of the molecule is CC(C)c1cccc(C(C)C)c1NC(=O)CN(Cc1ccco1)S(C)(=O)=O. The summed E-state index contributed by atoms with van der Waals surface area (Å²) in [6.45, 7) is 8.00. The molecule has 1 N–H and O–H groups in total. The van der Waals surface area contributed by atoms with Crippen molar-refractivity contribution in [2.45, 2.75) is 46.1 Å². The molecule has 0 spiro atoms. The molecule has 2 aromatic rings. The number of furan rings is 1. The van der Waals surface area contributed by atoms with E-state index in [1.807, 2.05) is 18.2 Å². The second-order valence-corrected chi connectivity index (χ2v) is 9.26. The molecular weight excluding hydrogens is 364 g/mol. The van der Waals surface area contributed by atoms with Crippen molar-refractivity contribution < 1.29 is 17.6 Å². The average Bonchev–Trinajstić information content (AvgIpc) is 3.06. The summed E-state index contributed by atoms with van der Waals surface area (Å²) in [5, 5.41) is 2.95. The van der Waals surface area contributed by atoms with Gasteiger partial charge in [-0.3, -0.25) is 4.79 Å². The Bertz CT molecular complexity index is 845. The summed E-state index contributed by atoms with van der Waals surface area (Å²) in [5.74, 6) is 0.571. The van der Waals surface area contributed by atoms with Gasteiger partial charge in [0.2, 0.25) is 15.9 Å². The third kappa shape index (κ3) is 5.68. The van der Waals surface area contributed by atoms with Gasteiger partial charge in [0.05, 0.1) is 25.6 Å². The fraction of sp³-hybridized carbons (Fsp3) is 0.450. The average molecular weight is 393 g/mol. The molecule has 0 saturated carbocycles. The second kappa shape index (κ2) is 8.71. The first-order valence-corrected chi connectivity index (χ1v) is 10.8. The predicted molar refractivity (Wildman–Crippen MR) is 107 cm³/mol. The Morgan fingerprint density at radius 3 is 2.11 bits per heavy atom. The Morgan fingerprint density at radius 1 is 1.07 bits per heavy atom. The Morgan fingerprint density at radius 2 is 1.67 bits per heavy atom. The number of nitrogens with zero attached hydrogens (tertiary/aromatic N) is 1. The van der Waals surface area contributed by atoms with E-state index in [0.717, 1.165) is 27.4 Å². The molecule has 0 aliphatic rings. The van der Waals surface area contributed by atoms with Gasteiger partial charge < -0.3 is 9.73 Å². The van der Waals surface area contributed by atoms with Gasteiger partial charge in [-0.2, -0.15) is 4.31 Å². The van der Waals surface area contributed by atoms with Crippen LogP contribution in [-0.4, -0.2) is 31.4 Å². The van der Waals surface area contributed by atoms with E-state index in [-0.39, 0.29) is 30.8 Å². The minimum atomic E-state index is -3.57. The van der Waals surface area contributed by atoms with E-state index in [1.165, 1.54) is 6.26 Å². The normalized spacial score (nSPS) is 12.1. The number of hydrogen-bond acceptors (Lipinski definition) is 4. The maximum atomic E-state index is 12.7. The number of anilines is 1. The molecule has 0 unspecified atom stereocenters. The number of nitrogens with one attached hydrogen (secondary N) is 1. The third-order valence-corrected chi connectivity index (χ3v) is 5.53. The molecule has 148 valence electrons. The standard InChI is InChI=1S/C20H28N2O4S/c1-14(2)17-9-6-10-18(15(3)4)20(17)21-19(23)13-22(27(5,24)25)12-16-8-7-11-26-16/h6-11,14-15H,12-13H2,1-5H3,(H,21,23). The number of benzene rings is 1. The maximum Gasteiger partial charge on any atom is 0.239 e. The largest absolute Gasteiger partial charge is 0.468 e. The molecule has 1 aromatic carbocycles. The summed E-state index contributed by atoms with van der Waals surface area (Å²) >= 11 is 0. The summed E-state index contributed by atoms with van der Waals surface area (Å²) in [7, 11) is -3.57. The van der Waals surface area contributed by atoms with Crippen LogP contribution in [0.25, 0.3) is 0 Å². The van der Waals surface area contributed by atoms with Crippen molar-refractivity contribution in [2.24, 2.45) is 0 Å². The number of carbonyl (C=O) groups is 1. The molecule has 0 aliphatic carbocycles. The van der Waals surface area contributed by atoms with E-state index in [9.17, 15) is 13.2 Å². The van der Waals surface area contributed by atoms with Gasteiger partial charge in [-0.1, -0.05) is 45.9 Å². The van der Waals surface area contributed by atoms with E-state index in [1.54, 1.807) is 12.1 Å². The van der Waals surface area contributed by atoms with Crippen LogP contribution >= 0.6 is 0 Å². The van der Waals surface area contributed by atoms with Gasteiger partial charge in [-0.15, -0.1) is 0 Å². The molecule has 1 heterocycles. The highest BCUT2D eigenvalue weighted by Gasteiger charge is 2.23. The summed E-state index contributed by atoms with van der Waals surface area (Å²) in [6.07, 6.45) is 2.56. The number of para-hydroxylation sites is 1. The highest BCUT2D eigenvalue weighted by Crippen LogP contribution is 2.32. The zero-order valence-corrected chi connectivity index (χ0v) is 17.3. The molecule has 0 bridgehead atoms. The Hall–Kier alpha value is -2.12. The first kappa shape index (κ1) is 21.2. The minimum Gasteiger partial charge on any atom is -0.468 e. The van der Waals surface area contributed by atoms with Crippen LogP contribution in [0.1, 0.15) is 56.4 Å². The van der Waals surface area contributed by atoms with Crippen LogP contribution in [0, 0.1) is 0 Å². The number of rotatable bonds is 8. The molecule has 0 atom stereocenters. The van der Waals surface area contributed by atoms with Gasteiger partial charge in [-0.25, -0.2) is 8.42 Å². The van der Waals surface area contributed by atoms with Crippen LogP contribution in [0.2, 0.25) is 0 Å². The van der Waals surface area contributed by atoms with Crippen molar-refractivity contribution in [2.75, 3.05) is 18.1 Å². The van der Waals surface area contributed by atoms with Crippen molar-refractivity contribution in [3.63, 3.8) is 0 Å². The van der Waals surface area contributed by atoms with Crippen LogP contribution in [0.3, 0.4) is 0 Å². The fourth-order valence-corrected chi connectivity index (χ4v) is 3.61. The molecule has 1 aromatic heterocycles. The van der Waals surface area contributed by atoms with Crippen LogP contribution < -0.4 is 5.32 Å². The highest BCUT2D eigenvalue weighted by molar-refractivity contribution is 7.88. The molecule has 0 radical (unpaired) electrons. The lowest BCUT2D eigenvalue weighted by Gasteiger charge is -2.22. The van der Waals surface area contributed by atoms with E-state index < -0.39 is 10.0 Å². The monoisotopic (exact) mass is 392 g/mol. The van der Waals surface area contributed by atoms with Gasteiger partial charge >= 0.3 is 0 Å². The van der Waals surface area contributed by atoms with E-state index in [0.29, 0.717) is 5.76 Å². The number of carbonyl (C=O) groups excluding carboxylic acids is 1. The first-order valence-electron chi connectivity index (χ1n) is 8.99. The lowest BCUT2D eigenvalue weighted by atomic mass is 9.92. The minimum absolute atomic E-state index is 0.0160. The smallest absolute Gasteiger partial charge is 0.239 e. The van der Waals surface area contributed by atoms with Crippen molar-refractivity contribution in [3.05, 3.63) is 53.5 Å². The lowest BCUT2D eigenvalue weighted by Crippen LogP contribution is -2.37. The molecule has 7 heteroatoms. The summed E-state index contributed by atoms with van der Waals surface area (Å²) in [5.41, 5.74) is 2.84. The van der Waals surface area contributed by atoms with E-state index >= 15 is 0 Å². The molecule has 1 amide bonds. The summed E-state index contributed by atoms with van der Waals surface area (Å²) in [6, 6.07) is 9.33. The van der Waals surface area contributed by atoms with E-state index in [2.05, 4.69) is 33.0 Å². The van der Waals surface area contributed by atoms with Gasteiger partial charge in [0, 0.05) is 5.69 Å². The lowest BCUT2D eigenvalue weighted by molar-refractivity contribution is -0.116. The molecule has 6 nitrogen and oxygen atoms in total. The van der Waals surface area contributed by atoms with Crippen molar-refractivity contribution >= 4 is 21.6 Å². The number of hydrogen-bond donors (Lipinski definition) is 1. The zero-order valence-electron chi connectivity index (χ0n) is 16.5. The van der Waals surface area contributed by atoms with Crippen LogP contribution in [-0.2, 0) is 21.4 Å². The van der Waals surface area contributed by atoms with Crippen LogP contribution in [0.5, 0.6) is 0 Å². The number of amides is 1. The van der Waals surface area contributed by atoms with Crippen LogP contribution in [0.4, 0.5) is 5.69 Å². The molecular formula is C20H28N2O4S. The van der Waals surface area contributed by atoms with E-state index in [4.69, 9.17) is 4.42 Å². The van der Waals surface area contributed by atoms with Gasteiger partial charge in [0.15, 0.2) is 0 Å². The zero-order chi connectivity index (χ0) is 20.2. The quantitative estimate of drug-likeness (QED) is 0.738. The third-order valence-electron chi connectivity index (χ3n) is 4.34. The molecule has 0 aliphatic heterocycles. The second-order valence-electron chi connectivity index (χ2n) is 7.28. The van der Waals surface area contributed by atoms with Gasteiger partial charge in [0.25, 0.3) is 0 Å². The Labute approximate surface area is 161 Å². The summed E-state index contributed by atoms with van der Waals surface area (Å²) < 4.78 is 30.5. The highest BCUT2D eigenvalue weighted by atomic mass is 32.2. The molecule has 2 rings (SSSR count). The molecule has 0 fully saturated rings. The Balaban J connectivity index is 2.25. The van der Waals surface area contributed by atoms with Crippen molar-refractivity contribution in [1.29, 1.82) is 0 Å². The fourth-order valence-electron chi connectivity index (χ4n) is 2.90. The maximum absolute atomic E-state index is 12.7. The van der Waals surface area contributed by atoms with Crippen molar-refractivity contribution in [1.82, 2.24) is 4.31 Å². The topological polar surface area (TPSA) is 79.6 Å². The number of sulfonamides is 1. The predicted octanol–water partition coefficient (Wildman–Crippen LogP) is 3.93. The molecule has 27 heavy (non-hydrogen) atoms. The molecule has 0 saturated heterocycles.